The predicted octanol–water partition coefficient (Wildman–Crippen LogP) is 3.00. The third kappa shape index (κ3) is 4.00. The normalized spacial score (nSPS) is 12.3. The highest BCUT2D eigenvalue weighted by molar-refractivity contribution is 7.98. The van der Waals surface area contributed by atoms with Crippen LogP contribution in [0.4, 0.5) is 0 Å². The van der Waals surface area contributed by atoms with Crippen molar-refractivity contribution in [2.24, 2.45) is 0 Å². The zero-order valence-corrected chi connectivity index (χ0v) is 12.8. The number of aromatic nitrogens is 2. The van der Waals surface area contributed by atoms with Gasteiger partial charge in [-0.2, -0.15) is 11.8 Å². The van der Waals surface area contributed by atoms with Crippen molar-refractivity contribution in [1.82, 2.24) is 15.1 Å². The van der Waals surface area contributed by atoms with Gasteiger partial charge in [0.2, 0.25) is 0 Å². The van der Waals surface area contributed by atoms with Gasteiger partial charge in [-0.05, 0) is 31.4 Å². The van der Waals surface area contributed by atoms with Crippen molar-refractivity contribution in [1.29, 1.82) is 0 Å². The molecule has 0 saturated carbocycles. The lowest BCUT2D eigenvalue weighted by molar-refractivity contribution is 0.0741. The molecule has 0 fully saturated rings. The molecular weight excluding hydrogens is 293 g/mol. The Morgan fingerprint density at radius 2 is 2.17 bits per heavy atom. The highest BCUT2D eigenvalue weighted by atomic mass is 35.5. The molecule has 1 aromatic heterocycles. The van der Waals surface area contributed by atoms with E-state index in [1.165, 1.54) is 6.07 Å². The lowest BCUT2D eigenvalue weighted by Gasteiger charge is -2.25. The predicted molar refractivity (Wildman–Crippen MR) is 76.6 cm³/mol. The molecule has 1 aromatic rings. The Morgan fingerprint density at radius 1 is 1.50 bits per heavy atom. The van der Waals surface area contributed by atoms with Crippen molar-refractivity contribution in [3.05, 3.63) is 21.9 Å². The van der Waals surface area contributed by atoms with Crippen LogP contribution in [0.15, 0.2) is 6.07 Å². The summed E-state index contributed by atoms with van der Waals surface area (Å²) in [6, 6.07) is 1.57. The van der Waals surface area contributed by atoms with E-state index in [1.54, 1.807) is 23.7 Å². The monoisotopic (exact) mass is 307 g/mol. The maximum Gasteiger partial charge on any atom is 0.257 e. The summed E-state index contributed by atoms with van der Waals surface area (Å²) >= 11 is 13.3. The highest BCUT2D eigenvalue weighted by Crippen LogP contribution is 2.18. The molecule has 0 aliphatic heterocycles. The first-order chi connectivity index (χ1) is 8.47. The molecule has 0 saturated heterocycles. The van der Waals surface area contributed by atoms with E-state index in [9.17, 15) is 4.79 Å². The molecule has 1 amide bonds. The summed E-state index contributed by atoms with van der Waals surface area (Å²) < 4.78 is 0. The smallest absolute Gasteiger partial charge is 0.257 e. The number of thioether (sulfide) groups is 1. The highest BCUT2D eigenvalue weighted by Gasteiger charge is 2.21. The van der Waals surface area contributed by atoms with Gasteiger partial charge in [0.25, 0.3) is 5.91 Å². The molecule has 7 heteroatoms. The third-order valence-corrected chi connectivity index (χ3v) is 3.78. The van der Waals surface area contributed by atoms with E-state index in [2.05, 4.69) is 10.2 Å². The molecule has 4 nitrogen and oxygen atoms in total. The first-order valence-electron chi connectivity index (χ1n) is 5.42. The van der Waals surface area contributed by atoms with Crippen molar-refractivity contribution >= 4 is 40.9 Å². The van der Waals surface area contributed by atoms with Gasteiger partial charge in [-0.25, -0.2) is 0 Å². The van der Waals surface area contributed by atoms with Gasteiger partial charge in [-0.3, -0.25) is 4.79 Å². The Bertz CT molecular complexity index is 431. The second-order valence-corrected chi connectivity index (χ2v) is 5.65. The van der Waals surface area contributed by atoms with Crippen molar-refractivity contribution in [2.75, 3.05) is 19.1 Å². The maximum absolute atomic E-state index is 12.2. The zero-order valence-electron chi connectivity index (χ0n) is 10.5. The summed E-state index contributed by atoms with van der Waals surface area (Å²) in [4.78, 5) is 13.9. The van der Waals surface area contributed by atoms with Crippen LogP contribution in [-0.2, 0) is 0 Å². The number of nitrogens with zero attached hydrogens (tertiary/aromatic N) is 3. The van der Waals surface area contributed by atoms with Crippen LogP contribution in [0.25, 0.3) is 0 Å². The fourth-order valence-corrected chi connectivity index (χ4v) is 2.27. The van der Waals surface area contributed by atoms with Crippen LogP contribution < -0.4 is 0 Å². The number of carbonyl (C=O) groups excluding carboxylic acids is 1. The summed E-state index contributed by atoms with van der Waals surface area (Å²) in [5.74, 6) is 0.812. The molecule has 18 heavy (non-hydrogen) atoms. The van der Waals surface area contributed by atoms with Gasteiger partial charge < -0.3 is 4.90 Å². The number of carbonyl (C=O) groups is 1. The summed E-state index contributed by atoms with van der Waals surface area (Å²) in [7, 11) is 1.75. The van der Waals surface area contributed by atoms with Gasteiger partial charge >= 0.3 is 0 Å². The Hall–Kier alpha value is -0.520. The average Bonchev–Trinajstić information content (AvgIpc) is 2.37. The Kier molecular flexibility index (Phi) is 6.18. The SMILES string of the molecule is CSCCC(C)N(C)C(=O)c1cc(Cl)nnc1Cl. The molecule has 1 rings (SSSR count). The molecule has 0 spiro atoms. The van der Waals surface area contributed by atoms with E-state index < -0.39 is 0 Å². The molecule has 0 aromatic carbocycles. The number of rotatable bonds is 5. The fraction of sp³-hybridized carbons (Fsp3) is 0.545. The molecule has 0 bridgehead atoms. The second-order valence-electron chi connectivity index (χ2n) is 3.92. The Morgan fingerprint density at radius 3 is 2.78 bits per heavy atom. The van der Waals surface area contributed by atoms with Crippen LogP contribution in [0.3, 0.4) is 0 Å². The van der Waals surface area contributed by atoms with E-state index in [0.717, 1.165) is 12.2 Å². The van der Waals surface area contributed by atoms with E-state index in [4.69, 9.17) is 23.2 Å². The van der Waals surface area contributed by atoms with Crippen molar-refractivity contribution in [3.63, 3.8) is 0 Å². The Balaban J connectivity index is 2.82. The second kappa shape index (κ2) is 7.16. The van der Waals surface area contributed by atoms with Crippen LogP contribution in [0.1, 0.15) is 23.7 Å². The number of hydrogen-bond donors (Lipinski definition) is 0. The zero-order chi connectivity index (χ0) is 13.7. The maximum atomic E-state index is 12.2. The molecule has 1 atom stereocenters. The van der Waals surface area contributed by atoms with Gasteiger partial charge in [0.1, 0.15) is 0 Å². The fourth-order valence-electron chi connectivity index (χ4n) is 1.38. The number of amides is 1. The van der Waals surface area contributed by atoms with Crippen LogP contribution in [0, 0.1) is 0 Å². The number of halogens is 2. The molecule has 1 unspecified atom stereocenters. The standard InChI is InChI=1S/C11H15Cl2N3OS/c1-7(4-5-18-3)16(2)11(17)8-6-9(12)14-15-10(8)13/h6-7H,4-5H2,1-3H3. The van der Waals surface area contributed by atoms with Crippen molar-refractivity contribution in [2.45, 2.75) is 19.4 Å². The van der Waals surface area contributed by atoms with Crippen LogP contribution in [-0.4, -0.2) is 46.1 Å². The minimum atomic E-state index is -0.189. The number of hydrogen-bond acceptors (Lipinski definition) is 4. The van der Waals surface area contributed by atoms with Crippen molar-refractivity contribution < 1.29 is 4.79 Å². The van der Waals surface area contributed by atoms with E-state index in [-0.39, 0.29) is 27.8 Å². The van der Waals surface area contributed by atoms with E-state index in [1.807, 2.05) is 13.2 Å². The quantitative estimate of drug-likeness (QED) is 0.839. The first-order valence-corrected chi connectivity index (χ1v) is 7.57. The molecule has 0 radical (unpaired) electrons. The molecule has 0 aliphatic rings. The summed E-state index contributed by atoms with van der Waals surface area (Å²) in [6.07, 6.45) is 2.96. The summed E-state index contributed by atoms with van der Waals surface area (Å²) in [5.41, 5.74) is 0.287. The van der Waals surface area contributed by atoms with Gasteiger partial charge in [0.05, 0.1) is 5.56 Å². The van der Waals surface area contributed by atoms with Crippen LogP contribution in [0.5, 0.6) is 0 Å². The Labute approximate surface area is 121 Å². The van der Waals surface area contributed by atoms with Gasteiger partial charge in [-0.15, -0.1) is 10.2 Å². The third-order valence-electron chi connectivity index (χ3n) is 2.67. The van der Waals surface area contributed by atoms with Crippen LogP contribution >= 0.6 is 35.0 Å². The van der Waals surface area contributed by atoms with Gasteiger partial charge in [0, 0.05) is 13.1 Å². The first kappa shape index (κ1) is 15.5. The van der Waals surface area contributed by atoms with Crippen LogP contribution in [0.2, 0.25) is 10.3 Å². The minimum absolute atomic E-state index is 0.0771. The summed E-state index contributed by atoms with van der Waals surface area (Å²) in [6.45, 7) is 2.00. The molecule has 0 N–H and O–H groups in total. The largest absolute Gasteiger partial charge is 0.339 e. The van der Waals surface area contributed by atoms with Crippen molar-refractivity contribution in [3.8, 4) is 0 Å². The molecule has 100 valence electrons. The lowest BCUT2D eigenvalue weighted by atomic mass is 10.2. The van der Waals surface area contributed by atoms with E-state index in [0.29, 0.717) is 0 Å². The topological polar surface area (TPSA) is 46.1 Å². The average molecular weight is 308 g/mol. The summed E-state index contributed by atoms with van der Waals surface area (Å²) in [5, 5.41) is 7.46. The van der Waals surface area contributed by atoms with Gasteiger partial charge in [0.15, 0.2) is 10.3 Å². The molecule has 0 aliphatic carbocycles. The lowest BCUT2D eigenvalue weighted by Crippen LogP contribution is -2.35. The van der Waals surface area contributed by atoms with Gasteiger partial charge in [-0.1, -0.05) is 23.2 Å². The molecule has 1 heterocycles. The minimum Gasteiger partial charge on any atom is -0.339 e. The van der Waals surface area contributed by atoms with E-state index >= 15 is 0 Å². The molecular formula is C11H15Cl2N3OS.